The molecule has 1 aliphatic carbocycles. The van der Waals surface area contributed by atoms with E-state index >= 15 is 0 Å². The maximum absolute atomic E-state index is 12.5. The average Bonchev–Trinajstić information content (AvgIpc) is 2.47. The first-order chi connectivity index (χ1) is 3.69. The summed E-state index contributed by atoms with van der Waals surface area (Å²) in [6.07, 6.45) is 0.856. The molecule has 0 amide bonds. The van der Waals surface area contributed by atoms with E-state index in [9.17, 15) is 9.18 Å². The van der Waals surface area contributed by atoms with Crippen molar-refractivity contribution in [1.29, 1.82) is 0 Å². The minimum absolute atomic E-state index is 0.156. The van der Waals surface area contributed by atoms with Crippen LogP contribution in [0.5, 0.6) is 0 Å². The molecule has 0 bridgehead atoms. The molecule has 0 spiro atoms. The molecule has 0 saturated heterocycles. The first-order valence-electron chi connectivity index (χ1n) is 2.47. The Morgan fingerprint density at radius 1 is 1.75 bits per heavy atom. The van der Waals surface area contributed by atoms with Crippen molar-refractivity contribution in [1.82, 2.24) is 0 Å². The smallest absolute Gasteiger partial charge is 0.180 e. The molecule has 0 N–H and O–H groups in total. The summed E-state index contributed by atoms with van der Waals surface area (Å²) < 4.78 is 12.5. The van der Waals surface area contributed by atoms with Gasteiger partial charge in [-0.2, -0.15) is 0 Å². The Labute approximate surface area is 55.4 Å². The predicted molar refractivity (Wildman–Crippen MR) is 31.9 cm³/mol. The molecule has 46 valence electrons. The number of hydrogen-bond acceptors (Lipinski definition) is 1. The Balaban J connectivity index is 2.46. The van der Waals surface area contributed by atoms with Crippen LogP contribution in [-0.4, -0.2) is 16.8 Å². The molecule has 0 aromatic rings. The molecule has 0 radical (unpaired) electrons. The quantitative estimate of drug-likeness (QED) is 0.589. The van der Waals surface area contributed by atoms with Crippen molar-refractivity contribution in [3.8, 4) is 0 Å². The van der Waals surface area contributed by atoms with Crippen LogP contribution in [-0.2, 0) is 4.79 Å². The standard InChI is InChI=1S/C5H6BrFO/c6-3-4(8)5(7)1-2-5/h1-3H2. The second-order valence-electron chi connectivity index (χ2n) is 2.02. The van der Waals surface area contributed by atoms with Crippen LogP contribution < -0.4 is 0 Å². The fourth-order valence-electron chi connectivity index (χ4n) is 0.508. The average molecular weight is 181 g/mol. The van der Waals surface area contributed by atoms with Gasteiger partial charge in [-0.1, -0.05) is 15.9 Å². The van der Waals surface area contributed by atoms with Gasteiger partial charge in [0.25, 0.3) is 0 Å². The molecular weight excluding hydrogens is 175 g/mol. The van der Waals surface area contributed by atoms with Crippen molar-refractivity contribution in [2.75, 3.05) is 5.33 Å². The Bertz CT molecular complexity index is 120. The lowest BCUT2D eigenvalue weighted by Gasteiger charge is -1.95. The molecule has 1 aliphatic rings. The van der Waals surface area contributed by atoms with E-state index < -0.39 is 5.67 Å². The molecular formula is C5H6BrFO. The largest absolute Gasteiger partial charge is 0.295 e. The zero-order valence-corrected chi connectivity index (χ0v) is 5.87. The third-order valence-corrected chi connectivity index (χ3v) is 1.82. The second kappa shape index (κ2) is 1.79. The van der Waals surface area contributed by atoms with E-state index in [0.29, 0.717) is 12.8 Å². The molecule has 0 heterocycles. The van der Waals surface area contributed by atoms with E-state index in [-0.39, 0.29) is 11.1 Å². The third kappa shape index (κ3) is 0.917. The zero-order valence-electron chi connectivity index (χ0n) is 4.29. The van der Waals surface area contributed by atoms with Gasteiger partial charge in [0.05, 0.1) is 5.33 Å². The van der Waals surface area contributed by atoms with Crippen molar-refractivity contribution in [3.63, 3.8) is 0 Å². The van der Waals surface area contributed by atoms with Gasteiger partial charge in [0, 0.05) is 0 Å². The van der Waals surface area contributed by atoms with E-state index in [4.69, 9.17) is 0 Å². The van der Waals surface area contributed by atoms with Gasteiger partial charge in [-0.15, -0.1) is 0 Å². The SMILES string of the molecule is O=C(CBr)C1(F)CC1. The van der Waals surface area contributed by atoms with E-state index in [1.54, 1.807) is 0 Å². The number of Topliss-reactive ketones (excluding diaryl/α,β-unsaturated/α-hetero) is 1. The number of alkyl halides is 2. The maximum atomic E-state index is 12.5. The fraction of sp³-hybridized carbons (Fsp3) is 0.800. The molecule has 0 aromatic carbocycles. The summed E-state index contributed by atoms with van der Waals surface area (Å²) in [6, 6.07) is 0. The third-order valence-electron chi connectivity index (χ3n) is 1.31. The van der Waals surface area contributed by atoms with Crippen LogP contribution in [0.15, 0.2) is 0 Å². The molecule has 1 rings (SSSR count). The predicted octanol–water partition coefficient (Wildman–Crippen LogP) is 1.45. The highest BCUT2D eigenvalue weighted by Gasteiger charge is 2.49. The Hall–Kier alpha value is 0.0800. The highest BCUT2D eigenvalue weighted by atomic mass is 79.9. The summed E-state index contributed by atoms with van der Waals surface area (Å²) in [6.45, 7) is 0. The van der Waals surface area contributed by atoms with Crippen LogP contribution in [0.25, 0.3) is 0 Å². The lowest BCUT2D eigenvalue weighted by atomic mass is 10.3. The number of carbonyl (C=O) groups is 1. The molecule has 1 nitrogen and oxygen atoms in total. The van der Waals surface area contributed by atoms with Gasteiger partial charge in [0.1, 0.15) is 0 Å². The molecule has 0 atom stereocenters. The van der Waals surface area contributed by atoms with Gasteiger partial charge in [0.2, 0.25) is 0 Å². The van der Waals surface area contributed by atoms with Gasteiger partial charge < -0.3 is 0 Å². The van der Waals surface area contributed by atoms with Crippen molar-refractivity contribution in [2.24, 2.45) is 0 Å². The van der Waals surface area contributed by atoms with E-state index in [1.165, 1.54) is 0 Å². The summed E-state index contributed by atoms with van der Waals surface area (Å²) >= 11 is 2.90. The molecule has 0 aromatic heterocycles. The Morgan fingerprint density at radius 2 is 2.25 bits per heavy atom. The molecule has 3 heteroatoms. The first-order valence-corrected chi connectivity index (χ1v) is 3.59. The lowest BCUT2D eigenvalue weighted by molar-refractivity contribution is -0.122. The van der Waals surface area contributed by atoms with Crippen LogP contribution in [0, 0.1) is 0 Å². The minimum atomic E-state index is -1.43. The summed E-state index contributed by atoms with van der Waals surface area (Å²) in [4.78, 5) is 10.5. The number of halogens is 2. The van der Waals surface area contributed by atoms with Gasteiger partial charge >= 0.3 is 0 Å². The monoisotopic (exact) mass is 180 g/mol. The highest BCUT2D eigenvalue weighted by Crippen LogP contribution is 2.40. The van der Waals surface area contributed by atoms with Gasteiger partial charge in [-0.05, 0) is 12.8 Å². The number of hydrogen-bond donors (Lipinski definition) is 0. The van der Waals surface area contributed by atoms with Gasteiger partial charge in [-0.3, -0.25) is 4.79 Å². The molecule has 0 aliphatic heterocycles. The number of carbonyl (C=O) groups excluding carboxylic acids is 1. The molecule has 1 saturated carbocycles. The van der Waals surface area contributed by atoms with Gasteiger partial charge in [-0.25, -0.2) is 4.39 Å². The molecule has 8 heavy (non-hydrogen) atoms. The first kappa shape index (κ1) is 6.20. The van der Waals surface area contributed by atoms with Crippen molar-refractivity contribution in [2.45, 2.75) is 18.5 Å². The van der Waals surface area contributed by atoms with Crippen LogP contribution in [0.1, 0.15) is 12.8 Å². The Morgan fingerprint density at radius 3 is 2.38 bits per heavy atom. The number of ketones is 1. The minimum Gasteiger partial charge on any atom is -0.295 e. The van der Waals surface area contributed by atoms with Crippen LogP contribution >= 0.6 is 15.9 Å². The van der Waals surface area contributed by atoms with Crippen LogP contribution in [0.3, 0.4) is 0 Å². The topological polar surface area (TPSA) is 17.1 Å². The van der Waals surface area contributed by atoms with Gasteiger partial charge in [0.15, 0.2) is 11.5 Å². The molecule has 0 unspecified atom stereocenters. The summed E-state index contributed by atoms with van der Waals surface area (Å²) in [5.41, 5.74) is -1.43. The van der Waals surface area contributed by atoms with E-state index in [2.05, 4.69) is 15.9 Å². The van der Waals surface area contributed by atoms with Crippen molar-refractivity contribution in [3.05, 3.63) is 0 Å². The van der Waals surface area contributed by atoms with Crippen LogP contribution in [0.4, 0.5) is 4.39 Å². The van der Waals surface area contributed by atoms with Crippen molar-refractivity contribution >= 4 is 21.7 Å². The number of rotatable bonds is 2. The maximum Gasteiger partial charge on any atom is 0.180 e. The van der Waals surface area contributed by atoms with Crippen LogP contribution in [0.2, 0.25) is 0 Å². The summed E-state index contributed by atoms with van der Waals surface area (Å²) in [5.74, 6) is -0.308. The fourth-order valence-corrected chi connectivity index (χ4v) is 1.01. The summed E-state index contributed by atoms with van der Waals surface area (Å²) in [7, 11) is 0. The highest BCUT2D eigenvalue weighted by molar-refractivity contribution is 9.09. The normalized spacial score (nSPS) is 22.8. The summed E-state index contributed by atoms with van der Waals surface area (Å²) in [5, 5.41) is 0.156. The van der Waals surface area contributed by atoms with Crippen molar-refractivity contribution < 1.29 is 9.18 Å². The second-order valence-corrected chi connectivity index (χ2v) is 2.58. The van der Waals surface area contributed by atoms with E-state index in [1.807, 2.05) is 0 Å². The zero-order chi connectivity index (χ0) is 6.20. The van der Waals surface area contributed by atoms with E-state index in [0.717, 1.165) is 0 Å². The lowest BCUT2D eigenvalue weighted by Crippen LogP contribution is -2.17. The Kier molecular flexibility index (Phi) is 1.39. The molecule has 1 fully saturated rings.